The second-order valence-corrected chi connectivity index (χ2v) is 13.5. The van der Waals surface area contributed by atoms with Crippen molar-refractivity contribution in [1.82, 2.24) is 10.6 Å². The number of benzene rings is 2. The molecule has 2 aromatic rings. The van der Waals surface area contributed by atoms with Gasteiger partial charge in [0.1, 0.15) is 11.8 Å². The molecule has 1 heterocycles. The van der Waals surface area contributed by atoms with Gasteiger partial charge in [-0.15, -0.1) is 11.6 Å². The van der Waals surface area contributed by atoms with Crippen LogP contribution in [0.2, 0.25) is 5.02 Å². The number of halogens is 2. The molecule has 0 spiro atoms. The lowest BCUT2D eigenvalue weighted by Crippen LogP contribution is -2.49. The molecule has 47 heavy (non-hydrogen) atoms. The Kier molecular flexibility index (Phi) is 14.8. The van der Waals surface area contributed by atoms with Crippen molar-refractivity contribution in [2.75, 3.05) is 13.7 Å². The molecule has 1 aliphatic rings. The standard InChI is InChI=1S/C36H46Cl2N2O7/c1-21(2)16-31-29(41)19-26(23(4)34(43)33(38)25-10-7-6-8-11-25)12-9-13-32(42)40-28(35(44)39-20-22(3)36(45)47-31)18-24-14-15-30(46-5)27(37)17-24/h6-11,13-15,17,21-23,26,28,31,33-34,43H,12,16,18-20H2,1-5H3,(H,39,44)(H,40,42)/b13-9+/t22?,23-,26+,28+,31-,33-,34+/m0/s1. The lowest BCUT2D eigenvalue weighted by atomic mass is 9.80. The van der Waals surface area contributed by atoms with Crippen LogP contribution < -0.4 is 15.4 Å². The number of carbonyl (C=O) groups is 4. The van der Waals surface area contributed by atoms with Crippen LogP contribution in [0.4, 0.5) is 0 Å². The zero-order valence-corrected chi connectivity index (χ0v) is 29.1. The first-order valence-corrected chi connectivity index (χ1v) is 16.8. The molecule has 256 valence electrons. The lowest BCUT2D eigenvalue weighted by molar-refractivity contribution is -0.160. The predicted molar refractivity (Wildman–Crippen MR) is 182 cm³/mol. The average molecular weight is 690 g/mol. The van der Waals surface area contributed by atoms with Crippen LogP contribution in [0.5, 0.6) is 5.75 Å². The quantitative estimate of drug-likeness (QED) is 0.231. The van der Waals surface area contributed by atoms with Gasteiger partial charge >= 0.3 is 5.97 Å². The summed E-state index contributed by atoms with van der Waals surface area (Å²) in [6.45, 7) is 7.23. The number of ketones is 1. The van der Waals surface area contributed by atoms with Gasteiger partial charge in [0.2, 0.25) is 11.8 Å². The fourth-order valence-electron chi connectivity index (χ4n) is 5.49. The SMILES string of the molecule is COc1ccc(C[C@H]2NC(=O)/C=C/C[C@@H]([C@H](C)[C@@H](O)[C@@H](Cl)c3ccccc3)CC(=O)[C@H](CC(C)C)OC(=O)C(C)CNC2=O)cc1Cl. The highest BCUT2D eigenvalue weighted by Crippen LogP contribution is 2.35. The lowest BCUT2D eigenvalue weighted by Gasteiger charge is -2.31. The Labute approximate surface area is 287 Å². The third kappa shape index (κ3) is 11.4. The zero-order chi connectivity index (χ0) is 34.7. The van der Waals surface area contributed by atoms with Gasteiger partial charge in [-0.1, -0.05) is 81.8 Å². The number of hydrogen-bond donors (Lipinski definition) is 3. The molecule has 2 amide bonds. The Bertz CT molecular complexity index is 1400. The number of aliphatic hydroxyl groups excluding tert-OH is 1. The minimum atomic E-state index is -1.01. The Balaban J connectivity index is 1.92. The van der Waals surface area contributed by atoms with E-state index in [9.17, 15) is 24.3 Å². The Morgan fingerprint density at radius 1 is 1.06 bits per heavy atom. The van der Waals surface area contributed by atoms with Crippen LogP contribution in [0.3, 0.4) is 0 Å². The number of alkyl halides is 1. The van der Waals surface area contributed by atoms with Crippen LogP contribution in [-0.2, 0) is 30.3 Å². The summed E-state index contributed by atoms with van der Waals surface area (Å²) in [6, 6.07) is 13.3. The first-order valence-electron chi connectivity index (χ1n) is 16.0. The van der Waals surface area contributed by atoms with Gasteiger partial charge in [-0.2, -0.15) is 0 Å². The van der Waals surface area contributed by atoms with Crippen molar-refractivity contribution < 1.29 is 33.8 Å². The van der Waals surface area contributed by atoms with Crippen LogP contribution in [-0.4, -0.2) is 60.6 Å². The number of hydrogen-bond acceptors (Lipinski definition) is 7. The van der Waals surface area contributed by atoms with Crippen LogP contribution in [0, 0.1) is 23.7 Å². The molecule has 9 nitrogen and oxygen atoms in total. The summed E-state index contributed by atoms with van der Waals surface area (Å²) in [7, 11) is 1.50. The summed E-state index contributed by atoms with van der Waals surface area (Å²) in [4.78, 5) is 53.3. The van der Waals surface area contributed by atoms with Gasteiger partial charge in [-0.3, -0.25) is 19.2 Å². The highest BCUT2D eigenvalue weighted by Gasteiger charge is 2.34. The van der Waals surface area contributed by atoms with E-state index < -0.39 is 59.2 Å². The number of amides is 2. The zero-order valence-electron chi connectivity index (χ0n) is 27.6. The molecule has 1 aliphatic heterocycles. The first-order chi connectivity index (χ1) is 22.3. The smallest absolute Gasteiger partial charge is 0.311 e. The highest BCUT2D eigenvalue weighted by molar-refractivity contribution is 6.32. The Hall–Kier alpha value is -3.40. The van der Waals surface area contributed by atoms with E-state index in [0.717, 1.165) is 5.56 Å². The molecule has 0 radical (unpaired) electrons. The molecule has 0 bridgehead atoms. The topological polar surface area (TPSA) is 131 Å². The summed E-state index contributed by atoms with van der Waals surface area (Å²) in [5.74, 6) is -3.05. The van der Waals surface area contributed by atoms with E-state index >= 15 is 0 Å². The Morgan fingerprint density at radius 2 is 1.77 bits per heavy atom. The maximum Gasteiger partial charge on any atom is 0.311 e. The van der Waals surface area contributed by atoms with E-state index in [1.807, 2.05) is 51.1 Å². The second kappa shape index (κ2) is 18.2. The third-order valence-electron chi connectivity index (χ3n) is 8.45. The van der Waals surface area contributed by atoms with Crippen molar-refractivity contribution >= 4 is 46.8 Å². The van der Waals surface area contributed by atoms with Gasteiger partial charge in [0.15, 0.2) is 11.9 Å². The van der Waals surface area contributed by atoms with Crippen molar-refractivity contribution in [3.8, 4) is 5.75 Å². The third-order valence-corrected chi connectivity index (χ3v) is 9.25. The van der Waals surface area contributed by atoms with Crippen LogP contribution in [0.1, 0.15) is 63.5 Å². The number of allylic oxidation sites excluding steroid dienone is 1. The van der Waals surface area contributed by atoms with Gasteiger partial charge in [-0.25, -0.2) is 0 Å². The van der Waals surface area contributed by atoms with Gasteiger partial charge < -0.3 is 25.2 Å². The number of Topliss-reactive ketones (excluding diaryl/α,β-unsaturated/α-hetero) is 1. The second-order valence-electron chi connectivity index (χ2n) is 12.7. The summed E-state index contributed by atoms with van der Waals surface area (Å²) in [5.41, 5.74) is 1.43. The van der Waals surface area contributed by atoms with Crippen molar-refractivity contribution in [2.45, 2.75) is 77.0 Å². The predicted octanol–water partition coefficient (Wildman–Crippen LogP) is 5.60. The molecule has 0 saturated carbocycles. The molecule has 7 atom stereocenters. The minimum absolute atomic E-state index is 0.000772. The van der Waals surface area contributed by atoms with Crippen molar-refractivity contribution in [1.29, 1.82) is 0 Å². The summed E-state index contributed by atoms with van der Waals surface area (Å²) >= 11 is 13.0. The van der Waals surface area contributed by atoms with Crippen LogP contribution in [0.25, 0.3) is 0 Å². The number of esters is 1. The highest BCUT2D eigenvalue weighted by atomic mass is 35.5. The van der Waals surface area contributed by atoms with E-state index in [-0.39, 0.29) is 37.5 Å². The molecule has 1 unspecified atom stereocenters. The molecule has 0 aliphatic carbocycles. The van der Waals surface area contributed by atoms with E-state index in [0.29, 0.717) is 22.8 Å². The number of rotatable bonds is 9. The summed E-state index contributed by atoms with van der Waals surface area (Å²) < 4.78 is 11.0. The largest absolute Gasteiger partial charge is 0.495 e. The van der Waals surface area contributed by atoms with Crippen molar-refractivity contribution in [2.24, 2.45) is 23.7 Å². The molecule has 0 fully saturated rings. The van der Waals surface area contributed by atoms with Crippen LogP contribution in [0.15, 0.2) is 60.7 Å². The van der Waals surface area contributed by atoms with E-state index in [4.69, 9.17) is 32.7 Å². The van der Waals surface area contributed by atoms with Gasteiger partial charge in [0.05, 0.1) is 29.5 Å². The summed E-state index contributed by atoms with van der Waals surface area (Å²) in [5, 5.41) is 16.4. The Morgan fingerprint density at radius 3 is 2.40 bits per heavy atom. The summed E-state index contributed by atoms with van der Waals surface area (Å²) in [6.07, 6.45) is 1.63. The molecular formula is C36H46Cl2N2O7. The molecule has 11 heteroatoms. The number of nitrogens with one attached hydrogen (secondary N) is 2. The molecule has 3 rings (SSSR count). The normalized spacial score (nSPS) is 24.4. The monoisotopic (exact) mass is 688 g/mol. The molecule has 0 saturated heterocycles. The van der Waals surface area contributed by atoms with E-state index in [2.05, 4.69) is 10.6 Å². The number of methoxy groups -OCH3 is 1. The molecule has 3 N–H and O–H groups in total. The molecule has 0 aromatic heterocycles. The van der Waals surface area contributed by atoms with Crippen LogP contribution >= 0.6 is 23.2 Å². The van der Waals surface area contributed by atoms with Gasteiger partial charge in [-0.05, 0) is 59.9 Å². The number of aliphatic hydroxyl groups is 1. The van der Waals surface area contributed by atoms with E-state index in [1.54, 1.807) is 31.2 Å². The molecular weight excluding hydrogens is 643 g/mol. The number of cyclic esters (lactones) is 1. The average Bonchev–Trinajstić information content (AvgIpc) is 3.04. The van der Waals surface area contributed by atoms with Crippen molar-refractivity contribution in [3.63, 3.8) is 0 Å². The van der Waals surface area contributed by atoms with Gasteiger partial charge in [0, 0.05) is 19.4 Å². The first kappa shape index (κ1) is 38.1. The van der Waals surface area contributed by atoms with E-state index in [1.165, 1.54) is 13.2 Å². The number of ether oxygens (including phenoxy) is 2. The number of carbonyl (C=O) groups excluding carboxylic acids is 4. The van der Waals surface area contributed by atoms with Gasteiger partial charge in [0.25, 0.3) is 0 Å². The fourth-order valence-corrected chi connectivity index (χ4v) is 6.15. The maximum absolute atomic E-state index is 13.7. The maximum atomic E-state index is 13.7. The van der Waals surface area contributed by atoms with Crippen molar-refractivity contribution in [3.05, 3.63) is 76.8 Å². The molecule has 2 aromatic carbocycles. The fraction of sp³-hybridized carbons (Fsp3) is 0.500. The minimum Gasteiger partial charge on any atom is -0.495 e.